The molecule has 0 spiro atoms. The van der Waals surface area contributed by atoms with Crippen molar-refractivity contribution < 1.29 is 23.9 Å². The van der Waals surface area contributed by atoms with E-state index in [1.54, 1.807) is 0 Å². The molecule has 6 atom stereocenters. The van der Waals surface area contributed by atoms with Crippen molar-refractivity contribution >= 4 is 23.7 Å². The van der Waals surface area contributed by atoms with Gasteiger partial charge in [0, 0.05) is 12.8 Å². The number of carbonyl (C=O) groups is 4. The van der Waals surface area contributed by atoms with Crippen LogP contribution in [-0.2, 0) is 36.8 Å². The lowest BCUT2D eigenvalue weighted by Crippen LogP contribution is -2.57. The summed E-state index contributed by atoms with van der Waals surface area (Å²) in [6.45, 7) is 7.88. The molecule has 0 aliphatic carbocycles. The maximum atomic E-state index is 13.7. The molecule has 3 amide bonds. The van der Waals surface area contributed by atoms with Crippen LogP contribution in [0.2, 0.25) is 0 Å². The molecule has 0 bridgehead atoms. The summed E-state index contributed by atoms with van der Waals surface area (Å²) < 4.78 is 5.99. The Labute approximate surface area is 244 Å². The summed E-state index contributed by atoms with van der Waals surface area (Å²) in [6, 6.07) is 16.0. The molecule has 2 aromatic rings. The van der Waals surface area contributed by atoms with E-state index in [1.807, 2.05) is 81.4 Å². The zero-order chi connectivity index (χ0) is 29.8. The van der Waals surface area contributed by atoms with E-state index >= 15 is 0 Å². The van der Waals surface area contributed by atoms with E-state index in [4.69, 9.17) is 4.74 Å². The van der Waals surface area contributed by atoms with Gasteiger partial charge < -0.3 is 20.7 Å². The molecule has 1 heterocycles. The molecule has 1 saturated heterocycles. The van der Waals surface area contributed by atoms with Gasteiger partial charge in [-0.05, 0) is 29.4 Å². The van der Waals surface area contributed by atoms with Gasteiger partial charge in [-0.3, -0.25) is 14.4 Å². The fraction of sp³-hybridized carbons (Fsp3) is 0.515. The van der Waals surface area contributed by atoms with Crippen molar-refractivity contribution in [2.45, 2.75) is 96.9 Å². The van der Waals surface area contributed by atoms with Crippen molar-refractivity contribution in [3.05, 3.63) is 71.8 Å². The Bertz CT molecular complexity index is 1140. The number of ether oxygens (including phenoxy) is 1. The van der Waals surface area contributed by atoms with Crippen molar-refractivity contribution in [2.24, 2.45) is 11.8 Å². The SMILES string of the molecule is CCCCC(C)C1CC(=O)NC(Cc2ccccc2)C(=O)NC(Cc2ccccc2)C(=O)NC(C(C)CC)C(=O)O1. The minimum Gasteiger partial charge on any atom is -0.460 e. The van der Waals surface area contributed by atoms with Crippen molar-refractivity contribution in [2.75, 3.05) is 0 Å². The van der Waals surface area contributed by atoms with Crippen LogP contribution < -0.4 is 16.0 Å². The largest absolute Gasteiger partial charge is 0.460 e. The molecule has 1 aliphatic heterocycles. The first-order valence-corrected chi connectivity index (χ1v) is 14.9. The highest BCUT2D eigenvalue weighted by Crippen LogP contribution is 2.21. The number of hydrogen-bond donors (Lipinski definition) is 3. The molecular weight excluding hydrogens is 518 g/mol. The molecule has 2 aromatic carbocycles. The molecule has 0 aromatic heterocycles. The second-order valence-corrected chi connectivity index (χ2v) is 11.2. The number of hydrogen-bond acceptors (Lipinski definition) is 5. The molecule has 3 N–H and O–H groups in total. The van der Waals surface area contributed by atoms with Crippen LogP contribution in [0.3, 0.4) is 0 Å². The molecule has 0 radical (unpaired) electrons. The molecule has 41 heavy (non-hydrogen) atoms. The van der Waals surface area contributed by atoms with Crippen LogP contribution >= 0.6 is 0 Å². The smallest absolute Gasteiger partial charge is 0.329 e. The van der Waals surface area contributed by atoms with Gasteiger partial charge in [0.25, 0.3) is 0 Å². The second-order valence-electron chi connectivity index (χ2n) is 11.2. The molecule has 6 unspecified atom stereocenters. The van der Waals surface area contributed by atoms with Gasteiger partial charge in [-0.2, -0.15) is 0 Å². The van der Waals surface area contributed by atoms with Crippen molar-refractivity contribution in [3.63, 3.8) is 0 Å². The normalized spacial score (nSPS) is 23.9. The standard InChI is InChI=1S/C33H45N3O5/c1-5-7-14-23(4)28-21-29(37)34-26(19-24-15-10-8-11-16-24)31(38)35-27(20-25-17-12-9-13-18-25)32(39)36-30(22(3)6-2)33(40)41-28/h8-13,15-18,22-23,26-28,30H,5-7,14,19-21H2,1-4H3,(H,34,37)(H,35,38)(H,36,39). The Hall–Kier alpha value is -3.68. The highest BCUT2D eigenvalue weighted by Gasteiger charge is 2.36. The topological polar surface area (TPSA) is 114 Å². The molecule has 1 fully saturated rings. The molecule has 1 aliphatic rings. The summed E-state index contributed by atoms with van der Waals surface area (Å²) >= 11 is 0. The lowest BCUT2D eigenvalue weighted by atomic mass is 9.94. The van der Waals surface area contributed by atoms with Gasteiger partial charge in [0.1, 0.15) is 24.2 Å². The quantitative estimate of drug-likeness (QED) is 0.377. The van der Waals surface area contributed by atoms with Crippen LogP contribution in [0, 0.1) is 11.8 Å². The summed E-state index contributed by atoms with van der Waals surface area (Å²) in [7, 11) is 0. The number of amides is 3. The molecule has 222 valence electrons. The molecular formula is C33H45N3O5. The first-order valence-electron chi connectivity index (χ1n) is 14.9. The number of unbranched alkanes of at least 4 members (excludes halogenated alkanes) is 1. The maximum Gasteiger partial charge on any atom is 0.329 e. The summed E-state index contributed by atoms with van der Waals surface area (Å²) in [6.07, 6.45) is 3.06. The lowest BCUT2D eigenvalue weighted by Gasteiger charge is -2.29. The number of esters is 1. The third-order valence-electron chi connectivity index (χ3n) is 7.92. The van der Waals surface area contributed by atoms with Gasteiger partial charge in [-0.25, -0.2) is 4.79 Å². The molecule has 0 saturated carbocycles. The van der Waals surface area contributed by atoms with Gasteiger partial charge in [0.2, 0.25) is 17.7 Å². The third kappa shape index (κ3) is 9.73. The Balaban J connectivity index is 1.99. The van der Waals surface area contributed by atoms with Crippen molar-refractivity contribution in [1.82, 2.24) is 16.0 Å². The summed E-state index contributed by atoms with van der Waals surface area (Å²) in [5.74, 6) is -2.14. The molecule has 8 heteroatoms. The first-order chi connectivity index (χ1) is 19.7. The predicted octanol–water partition coefficient (Wildman–Crippen LogP) is 4.11. The average Bonchev–Trinajstić information content (AvgIpc) is 2.98. The minimum absolute atomic E-state index is 0.0657. The summed E-state index contributed by atoms with van der Waals surface area (Å²) in [5.41, 5.74) is 1.73. The number of cyclic esters (lactones) is 1. The lowest BCUT2D eigenvalue weighted by molar-refractivity contribution is -0.158. The van der Waals surface area contributed by atoms with Gasteiger partial charge in [0.05, 0.1) is 6.42 Å². The van der Waals surface area contributed by atoms with E-state index in [2.05, 4.69) is 22.9 Å². The Morgan fingerprint density at radius 2 is 1.29 bits per heavy atom. The molecule has 3 rings (SSSR count). The van der Waals surface area contributed by atoms with E-state index in [-0.39, 0.29) is 37.0 Å². The fourth-order valence-corrected chi connectivity index (χ4v) is 5.04. The fourth-order valence-electron chi connectivity index (χ4n) is 5.04. The van der Waals surface area contributed by atoms with E-state index < -0.39 is 42.0 Å². The Kier molecular flexibility index (Phi) is 12.4. The first kappa shape index (κ1) is 31.8. The van der Waals surface area contributed by atoms with Crippen LogP contribution in [0.5, 0.6) is 0 Å². The van der Waals surface area contributed by atoms with Gasteiger partial charge in [0.15, 0.2) is 0 Å². The van der Waals surface area contributed by atoms with Crippen LogP contribution in [0.25, 0.3) is 0 Å². The van der Waals surface area contributed by atoms with Crippen LogP contribution in [0.4, 0.5) is 0 Å². The predicted molar refractivity (Wildman–Crippen MR) is 159 cm³/mol. The van der Waals surface area contributed by atoms with Gasteiger partial charge in [-0.1, -0.05) is 108 Å². The number of carbonyl (C=O) groups excluding carboxylic acids is 4. The van der Waals surface area contributed by atoms with Crippen LogP contribution in [0.15, 0.2) is 60.7 Å². The van der Waals surface area contributed by atoms with Gasteiger partial charge >= 0.3 is 5.97 Å². The number of rotatable bonds is 10. The summed E-state index contributed by atoms with van der Waals surface area (Å²) in [4.78, 5) is 54.3. The Morgan fingerprint density at radius 3 is 1.83 bits per heavy atom. The monoisotopic (exact) mass is 563 g/mol. The van der Waals surface area contributed by atoms with E-state index in [9.17, 15) is 19.2 Å². The van der Waals surface area contributed by atoms with Crippen LogP contribution in [-0.4, -0.2) is 47.9 Å². The minimum atomic E-state index is -0.959. The molecule has 8 nitrogen and oxygen atoms in total. The highest BCUT2D eigenvalue weighted by atomic mass is 16.5. The van der Waals surface area contributed by atoms with E-state index in [1.165, 1.54) is 0 Å². The van der Waals surface area contributed by atoms with E-state index in [0.29, 0.717) is 6.42 Å². The van der Waals surface area contributed by atoms with E-state index in [0.717, 1.165) is 30.4 Å². The third-order valence-corrected chi connectivity index (χ3v) is 7.92. The second kappa shape index (κ2) is 15.9. The Morgan fingerprint density at radius 1 is 0.756 bits per heavy atom. The summed E-state index contributed by atoms with van der Waals surface area (Å²) in [5, 5.41) is 8.65. The van der Waals surface area contributed by atoms with Gasteiger partial charge in [-0.15, -0.1) is 0 Å². The van der Waals surface area contributed by atoms with Crippen molar-refractivity contribution in [3.8, 4) is 0 Å². The highest BCUT2D eigenvalue weighted by molar-refractivity contribution is 5.94. The number of nitrogens with one attached hydrogen (secondary N) is 3. The zero-order valence-electron chi connectivity index (χ0n) is 24.7. The maximum absolute atomic E-state index is 13.7. The van der Waals surface area contributed by atoms with Crippen LogP contribution in [0.1, 0.15) is 70.9 Å². The average molecular weight is 564 g/mol. The zero-order valence-corrected chi connectivity index (χ0v) is 24.7. The van der Waals surface area contributed by atoms with Crippen molar-refractivity contribution in [1.29, 1.82) is 0 Å². The number of benzene rings is 2.